The molecule has 1 N–H and O–H groups in total. The number of benzene rings is 1. The third kappa shape index (κ3) is 2.34. The second-order valence-corrected chi connectivity index (χ2v) is 5.92. The predicted octanol–water partition coefficient (Wildman–Crippen LogP) is 3.78. The van der Waals surface area contributed by atoms with Crippen LogP contribution in [0.5, 0.6) is 0 Å². The molecule has 0 unspecified atom stereocenters. The van der Waals surface area contributed by atoms with E-state index in [0.29, 0.717) is 14.5 Å². The predicted molar refractivity (Wildman–Crippen MR) is 81.2 cm³/mol. The second kappa shape index (κ2) is 5.19. The number of hydrogen-bond donors (Lipinski definition) is 1. The summed E-state index contributed by atoms with van der Waals surface area (Å²) in [4.78, 5) is 15.5. The molecule has 8 heteroatoms. The van der Waals surface area contributed by atoms with Crippen molar-refractivity contribution >= 4 is 48.9 Å². The van der Waals surface area contributed by atoms with E-state index in [0.717, 1.165) is 4.68 Å². The maximum absolute atomic E-state index is 14.1. The molecule has 5 nitrogen and oxygen atoms in total. The largest absolute Gasteiger partial charge is 0.476 e. The normalized spacial score (nSPS) is 11.0. The SMILES string of the molecule is O=C(O)c1c2nccc(Br)c2nn1-c1ccc(Br)cc1F. The van der Waals surface area contributed by atoms with Crippen molar-refractivity contribution in [2.45, 2.75) is 0 Å². The van der Waals surface area contributed by atoms with Crippen molar-refractivity contribution in [3.63, 3.8) is 0 Å². The zero-order chi connectivity index (χ0) is 15.1. The molecule has 0 aliphatic carbocycles. The minimum absolute atomic E-state index is 0.0421. The van der Waals surface area contributed by atoms with E-state index in [9.17, 15) is 14.3 Å². The molecule has 3 aromatic rings. The van der Waals surface area contributed by atoms with Gasteiger partial charge in [0.15, 0.2) is 5.69 Å². The van der Waals surface area contributed by atoms with E-state index in [1.807, 2.05) is 0 Å². The first-order valence-corrected chi connectivity index (χ1v) is 7.29. The van der Waals surface area contributed by atoms with Crippen LogP contribution < -0.4 is 0 Å². The molecule has 0 bridgehead atoms. The first kappa shape index (κ1) is 14.2. The molecule has 106 valence electrons. The highest BCUT2D eigenvalue weighted by Gasteiger charge is 2.23. The van der Waals surface area contributed by atoms with Gasteiger partial charge in [-0.1, -0.05) is 15.9 Å². The van der Waals surface area contributed by atoms with Crippen LogP contribution in [0, 0.1) is 5.82 Å². The topological polar surface area (TPSA) is 68.0 Å². The summed E-state index contributed by atoms with van der Waals surface area (Å²) in [6.45, 7) is 0. The van der Waals surface area contributed by atoms with Gasteiger partial charge in [-0.25, -0.2) is 13.9 Å². The molecular weight excluding hydrogens is 409 g/mol. The average molecular weight is 415 g/mol. The lowest BCUT2D eigenvalue weighted by Gasteiger charge is -2.05. The van der Waals surface area contributed by atoms with Crippen LogP contribution in [-0.2, 0) is 0 Å². The monoisotopic (exact) mass is 413 g/mol. The van der Waals surface area contributed by atoms with Crippen molar-refractivity contribution in [3.8, 4) is 5.69 Å². The lowest BCUT2D eigenvalue weighted by atomic mass is 10.2. The lowest BCUT2D eigenvalue weighted by Crippen LogP contribution is -2.10. The molecule has 2 heterocycles. The molecule has 0 atom stereocenters. The zero-order valence-electron chi connectivity index (χ0n) is 10.2. The molecule has 3 rings (SSSR count). The molecule has 0 radical (unpaired) electrons. The summed E-state index contributed by atoms with van der Waals surface area (Å²) in [6, 6.07) is 5.95. The van der Waals surface area contributed by atoms with Crippen LogP contribution >= 0.6 is 31.9 Å². The fourth-order valence-electron chi connectivity index (χ4n) is 1.97. The molecular formula is C13H6Br2FN3O2. The molecule has 0 aliphatic heterocycles. The number of carboxylic acids is 1. The Morgan fingerprint density at radius 3 is 2.67 bits per heavy atom. The number of carbonyl (C=O) groups is 1. The van der Waals surface area contributed by atoms with E-state index in [1.54, 1.807) is 12.1 Å². The second-order valence-electron chi connectivity index (χ2n) is 4.15. The van der Waals surface area contributed by atoms with Gasteiger partial charge in [-0.15, -0.1) is 0 Å². The van der Waals surface area contributed by atoms with Gasteiger partial charge in [0, 0.05) is 15.1 Å². The van der Waals surface area contributed by atoms with E-state index >= 15 is 0 Å². The van der Waals surface area contributed by atoms with E-state index in [2.05, 4.69) is 41.9 Å². The number of nitrogens with zero attached hydrogens (tertiary/aromatic N) is 3. The van der Waals surface area contributed by atoms with E-state index in [-0.39, 0.29) is 16.9 Å². The van der Waals surface area contributed by atoms with Crippen LogP contribution in [-0.4, -0.2) is 25.8 Å². The third-order valence-corrected chi connectivity index (χ3v) is 3.98. The molecule has 0 amide bonds. The number of hydrogen-bond acceptors (Lipinski definition) is 3. The standard InChI is InChI=1S/C13H6Br2FN3O2/c14-6-1-2-9(8(16)5-6)19-12(13(20)21)11-10(18-19)7(15)3-4-17-11/h1-5H,(H,20,21). The van der Waals surface area contributed by atoms with Crippen molar-refractivity contribution in [1.82, 2.24) is 14.8 Å². The molecule has 21 heavy (non-hydrogen) atoms. The van der Waals surface area contributed by atoms with Gasteiger partial charge in [-0.2, -0.15) is 5.10 Å². The molecule has 0 saturated heterocycles. The van der Waals surface area contributed by atoms with Gasteiger partial charge in [-0.3, -0.25) is 4.98 Å². The van der Waals surface area contributed by atoms with Crippen molar-refractivity contribution in [2.75, 3.05) is 0 Å². The number of fused-ring (bicyclic) bond motifs is 1. The Hall–Kier alpha value is -1.80. The minimum Gasteiger partial charge on any atom is -0.476 e. The van der Waals surface area contributed by atoms with Crippen LogP contribution in [0.3, 0.4) is 0 Å². The Labute approximate surface area is 134 Å². The summed E-state index contributed by atoms with van der Waals surface area (Å²) >= 11 is 6.44. The highest BCUT2D eigenvalue weighted by molar-refractivity contribution is 9.11. The van der Waals surface area contributed by atoms with E-state index in [1.165, 1.54) is 18.3 Å². The summed E-state index contributed by atoms with van der Waals surface area (Å²) < 4.78 is 16.3. The summed E-state index contributed by atoms with van der Waals surface area (Å²) in [5, 5.41) is 13.6. The number of carboxylic acid groups (broad SMARTS) is 1. The highest BCUT2D eigenvalue weighted by Crippen LogP contribution is 2.27. The van der Waals surface area contributed by atoms with Gasteiger partial charge in [-0.05, 0) is 40.2 Å². The summed E-state index contributed by atoms with van der Waals surface area (Å²) in [5.41, 5.74) is 0.407. The van der Waals surface area contributed by atoms with Crippen LogP contribution in [0.2, 0.25) is 0 Å². The highest BCUT2D eigenvalue weighted by atomic mass is 79.9. The van der Waals surface area contributed by atoms with Crippen LogP contribution in [0.15, 0.2) is 39.4 Å². The van der Waals surface area contributed by atoms with Gasteiger partial charge >= 0.3 is 5.97 Å². The van der Waals surface area contributed by atoms with Gasteiger partial charge < -0.3 is 5.11 Å². The smallest absolute Gasteiger partial charge is 0.356 e. The Morgan fingerprint density at radius 2 is 2.00 bits per heavy atom. The molecule has 0 saturated carbocycles. The Balaban J connectivity index is 2.39. The lowest BCUT2D eigenvalue weighted by molar-refractivity contribution is 0.0689. The fourth-order valence-corrected chi connectivity index (χ4v) is 2.69. The maximum Gasteiger partial charge on any atom is 0.356 e. The third-order valence-electron chi connectivity index (χ3n) is 2.85. The quantitative estimate of drug-likeness (QED) is 0.692. The summed E-state index contributed by atoms with van der Waals surface area (Å²) in [5.74, 6) is -1.82. The van der Waals surface area contributed by atoms with Crippen LogP contribution in [0.4, 0.5) is 4.39 Å². The van der Waals surface area contributed by atoms with Crippen molar-refractivity contribution in [1.29, 1.82) is 0 Å². The number of pyridine rings is 1. The van der Waals surface area contributed by atoms with Gasteiger partial charge in [0.05, 0.1) is 0 Å². The fraction of sp³-hybridized carbons (Fsp3) is 0. The number of rotatable bonds is 2. The molecule has 0 fully saturated rings. The van der Waals surface area contributed by atoms with Gasteiger partial charge in [0.2, 0.25) is 0 Å². The van der Waals surface area contributed by atoms with Gasteiger partial charge in [0.1, 0.15) is 22.5 Å². The summed E-state index contributed by atoms with van der Waals surface area (Å²) in [7, 11) is 0. The molecule has 0 spiro atoms. The van der Waals surface area contributed by atoms with Crippen LogP contribution in [0.1, 0.15) is 10.5 Å². The van der Waals surface area contributed by atoms with E-state index in [4.69, 9.17) is 0 Å². The zero-order valence-corrected chi connectivity index (χ0v) is 13.4. The average Bonchev–Trinajstić information content (AvgIpc) is 2.79. The number of aromatic nitrogens is 3. The first-order chi connectivity index (χ1) is 9.99. The summed E-state index contributed by atoms with van der Waals surface area (Å²) in [6.07, 6.45) is 1.46. The Morgan fingerprint density at radius 1 is 1.24 bits per heavy atom. The first-order valence-electron chi connectivity index (χ1n) is 5.71. The van der Waals surface area contributed by atoms with Gasteiger partial charge in [0.25, 0.3) is 0 Å². The molecule has 0 aliphatic rings. The van der Waals surface area contributed by atoms with Crippen molar-refractivity contribution < 1.29 is 14.3 Å². The maximum atomic E-state index is 14.1. The number of halogens is 3. The Kier molecular flexibility index (Phi) is 3.50. The van der Waals surface area contributed by atoms with E-state index < -0.39 is 11.8 Å². The van der Waals surface area contributed by atoms with Crippen molar-refractivity contribution in [2.24, 2.45) is 0 Å². The minimum atomic E-state index is -1.23. The Bertz CT molecular complexity index is 879. The van der Waals surface area contributed by atoms with Crippen molar-refractivity contribution in [3.05, 3.63) is 50.9 Å². The van der Waals surface area contributed by atoms with Crippen LogP contribution in [0.25, 0.3) is 16.7 Å². The number of aromatic carboxylic acids is 1. The molecule has 2 aromatic heterocycles. The molecule has 1 aromatic carbocycles.